The minimum absolute atomic E-state index is 0. The summed E-state index contributed by atoms with van der Waals surface area (Å²) >= 11 is 0. The van der Waals surface area contributed by atoms with Crippen LogP contribution in [0.2, 0.25) is 0 Å². The van der Waals surface area contributed by atoms with E-state index < -0.39 is 7.82 Å². The summed E-state index contributed by atoms with van der Waals surface area (Å²) in [6.07, 6.45) is 0.591. The zero-order valence-electron chi connectivity index (χ0n) is 5.69. The smallest absolute Gasteiger partial charge is 0.344 e. The summed E-state index contributed by atoms with van der Waals surface area (Å²) in [5.74, 6) is 0. The highest BCUT2D eigenvalue weighted by molar-refractivity contribution is 7.47. The van der Waals surface area contributed by atoms with Crippen molar-refractivity contribution < 1.29 is 23.9 Å². The van der Waals surface area contributed by atoms with Crippen molar-refractivity contribution in [1.82, 2.24) is 6.15 Å². The molecule has 0 aliphatic heterocycles. The van der Waals surface area contributed by atoms with Gasteiger partial charge >= 0.3 is 7.82 Å². The summed E-state index contributed by atoms with van der Waals surface area (Å²) in [4.78, 5) is 8.32. The molecule has 0 spiro atoms. The van der Waals surface area contributed by atoms with Gasteiger partial charge in [0.05, 0.1) is 6.61 Å². The van der Waals surface area contributed by atoms with Gasteiger partial charge in [0.25, 0.3) is 0 Å². The van der Waals surface area contributed by atoms with Gasteiger partial charge in [-0.15, -0.1) is 4.67 Å². The van der Waals surface area contributed by atoms with Crippen LogP contribution >= 0.6 is 7.82 Å². The first-order valence-corrected chi connectivity index (χ1v) is 3.92. The maximum atomic E-state index is 10.2. The highest BCUT2D eigenvalue weighted by Crippen LogP contribution is 2.41. The fourth-order valence-corrected chi connectivity index (χ4v) is 0.691. The lowest BCUT2D eigenvalue weighted by Gasteiger charge is -2.04. The van der Waals surface area contributed by atoms with Gasteiger partial charge in [-0.2, -0.15) is 0 Å². The van der Waals surface area contributed by atoms with Gasteiger partial charge in [-0.05, 0) is 6.42 Å². The zero-order chi connectivity index (χ0) is 7.33. The average molecular weight is 173 g/mol. The predicted molar refractivity (Wildman–Crippen MR) is 34.8 cm³/mol. The lowest BCUT2D eigenvalue weighted by molar-refractivity contribution is -0.162. The molecule has 0 saturated heterocycles. The van der Waals surface area contributed by atoms with Gasteiger partial charge < -0.3 is 11.0 Å². The monoisotopic (exact) mass is 173 g/mol. The van der Waals surface area contributed by atoms with Crippen molar-refractivity contribution in [3.05, 3.63) is 0 Å². The minimum Gasteiger partial charge on any atom is -0.344 e. The van der Waals surface area contributed by atoms with E-state index in [4.69, 9.17) is 10.2 Å². The molecule has 10 heavy (non-hydrogen) atoms. The quantitative estimate of drug-likeness (QED) is 0.334. The summed E-state index contributed by atoms with van der Waals surface area (Å²) in [5.41, 5.74) is 0. The largest absolute Gasteiger partial charge is 0.499 e. The number of hydrogen-bond acceptors (Lipinski definition) is 5. The molecule has 0 fully saturated rings. The van der Waals surface area contributed by atoms with E-state index in [1.807, 2.05) is 0 Å². The van der Waals surface area contributed by atoms with Crippen LogP contribution in [0.5, 0.6) is 0 Å². The van der Waals surface area contributed by atoms with E-state index >= 15 is 0 Å². The molecule has 0 aromatic rings. The van der Waals surface area contributed by atoms with Gasteiger partial charge in [0.1, 0.15) is 0 Å². The topological polar surface area (TPSA) is 111 Å². The molecule has 0 saturated carbocycles. The molecule has 0 aromatic carbocycles. The molecule has 5 N–H and O–H groups in total. The van der Waals surface area contributed by atoms with Crippen molar-refractivity contribution in [2.24, 2.45) is 0 Å². The molecule has 0 amide bonds. The van der Waals surface area contributed by atoms with Gasteiger partial charge in [-0.1, -0.05) is 6.92 Å². The standard InChI is InChI=1S/C3H9O5P.H3N/c1-2-3-7-9(5,6)8-4;/h4H,2-3H2,1H3,(H,5,6);1H3. The van der Waals surface area contributed by atoms with Crippen LogP contribution in [-0.4, -0.2) is 16.8 Å². The SMILES string of the molecule is CCCOP(=O)(O)OO.N. The van der Waals surface area contributed by atoms with Gasteiger partial charge in [-0.25, -0.2) is 9.82 Å². The normalized spacial score (nSPS) is 15.5. The summed E-state index contributed by atoms with van der Waals surface area (Å²) in [6, 6.07) is 0. The predicted octanol–water partition coefficient (Wildman–Crippen LogP) is 1.16. The molecule has 0 radical (unpaired) electrons. The molecule has 0 rings (SSSR count). The molecule has 64 valence electrons. The Labute approximate surface area is 58.9 Å². The van der Waals surface area contributed by atoms with Crippen LogP contribution in [0.25, 0.3) is 0 Å². The highest BCUT2D eigenvalue weighted by atomic mass is 31.2. The summed E-state index contributed by atoms with van der Waals surface area (Å²) in [7, 11) is -4.13. The van der Waals surface area contributed by atoms with E-state index in [2.05, 4.69) is 9.20 Å². The van der Waals surface area contributed by atoms with Crippen molar-refractivity contribution in [2.75, 3.05) is 6.61 Å². The van der Waals surface area contributed by atoms with Crippen LogP contribution in [-0.2, 0) is 13.8 Å². The molecular weight excluding hydrogens is 161 g/mol. The second-order valence-corrected chi connectivity index (χ2v) is 2.74. The van der Waals surface area contributed by atoms with Gasteiger partial charge in [0.2, 0.25) is 0 Å². The van der Waals surface area contributed by atoms with Crippen LogP contribution in [0, 0.1) is 0 Å². The van der Waals surface area contributed by atoms with Crippen LogP contribution < -0.4 is 6.15 Å². The maximum Gasteiger partial charge on any atom is 0.499 e. The second-order valence-electron chi connectivity index (χ2n) is 1.38. The fraction of sp³-hybridized carbons (Fsp3) is 1.00. The van der Waals surface area contributed by atoms with Crippen molar-refractivity contribution in [1.29, 1.82) is 0 Å². The van der Waals surface area contributed by atoms with E-state index in [1.165, 1.54) is 0 Å². The maximum absolute atomic E-state index is 10.2. The summed E-state index contributed by atoms with van der Waals surface area (Å²) < 4.78 is 17.5. The first kappa shape index (κ1) is 12.7. The Kier molecular flexibility index (Phi) is 7.34. The van der Waals surface area contributed by atoms with Crippen molar-refractivity contribution in [3.8, 4) is 0 Å². The highest BCUT2D eigenvalue weighted by Gasteiger charge is 2.19. The van der Waals surface area contributed by atoms with Gasteiger partial charge in [-0.3, -0.25) is 4.52 Å². The molecule has 7 heteroatoms. The third-order valence-electron chi connectivity index (χ3n) is 0.562. The lowest BCUT2D eigenvalue weighted by atomic mass is 10.5. The Bertz CT molecular complexity index is 117. The van der Waals surface area contributed by atoms with E-state index in [0.29, 0.717) is 6.42 Å². The molecule has 0 aromatic heterocycles. The zero-order valence-corrected chi connectivity index (χ0v) is 6.58. The van der Waals surface area contributed by atoms with Crippen LogP contribution in [0.4, 0.5) is 0 Å². The van der Waals surface area contributed by atoms with E-state index in [1.54, 1.807) is 6.92 Å². The van der Waals surface area contributed by atoms with Gasteiger partial charge in [0, 0.05) is 0 Å². The summed E-state index contributed by atoms with van der Waals surface area (Å²) in [6.45, 7) is 1.85. The molecule has 0 heterocycles. The van der Waals surface area contributed by atoms with E-state index in [0.717, 1.165) is 0 Å². The average Bonchev–Trinajstić information content (AvgIpc) is 1.84. The molecule has 0 aliphatic rings. The fourth-order valence-electron chi connectivity index (χ4n) is 0.230. The van der Waals surface area contributed by atoms with Crippen LogP contribution in [0.3, 0.4) is 0 Å². The molecule has 6 nitrogen and oxygen atoms in total. The Hall–Kier alpha value is 0.0300. The van der Waals surface area contributed by atoms with Crippen molar-refractivity contribution in [3.63, 3.8) is 0 Å². The Morgan fingerprint density at radius 1 is 1.60 bits per heavy atom. The van der Waals surface area contributed by atoms with Gasteiger partial charge in [0.15, 0.2) is 0 Å². The molecule has 1 unspecified atom stereocenters. The third kappa shape index (κ3) is 6.15. The summed E-state index contributed by atoms with van der Waals surface area (Å²) in [5, 5.41) is 7.68. The Morgan fingerprint density at radius 3 is 2.40 bits per heavy atom. The number of rotatable bonds is 4. The first-order valence-electron chi connectivity index (χ1n) is 2.43. The van der Waals surface area contributed by atoms with E-state index in [-0.39, 0.29) is 12.8 Å². The Morgan fingerprint density at radius 2 is 2.10 bits per heavy atom. The molecule has 1 atom stereocenters. The Balaban J connectivity index is 0. The van der Waals surface area contributed by atoms with E-state index in [9.17, 15) is 4.57 Å². The second kappa shape index (κ2) is 5.79. The molecule has 0 bridgehead atoms. The number of phosphoric ester groups is 1. The number of phosphoric acid groups is 1. The van der Waals surface area contributed by atoms with Crippen LogP contribution in [0.1, 0.15) is 13.3 Å². The van der Waals surface area contributed by atoms with Crippen molar-refractivity contribution >= 4 is 7.82 Å². The first-order chi connectivity index (χ1) is 4.12. The minimum atomic E-state index is -4.13. The lowest BCUT2D eigenvalue weighted by Crippen LogP contribution is -1.92. The third-order valence-corrected chi connectivity index (χ3v) is 1.28. The molecular formula is C3H12NO5P. The molecule has 0 aliphatic carbocycles. The number of hydrogen-bond donors (Lipinski definition) is 3. The van der Waals surface area contributed by atoms with Crippen LogP contribution in [0.15, 0.2) is 0 Å². The van der Waals surface area contributed by atoms with Crippen molar-refractivity contribution in [2.45, 2.75) is 13.3 Å².